The number of aryl methyl sites for hydroxylation is 2. The zero-order valence-electron chi connectivity index (χ0n) is 13.7. The molecule has 0 radical (unpaired) electrons. The van der Waals surface area contributed by atoms with Crippen LogP contribution in [0.25, 0.3) is 4.96 Å². The Morgan fingerprint density at radius 3 is 2.92 bits per heavy atom. The van der Waals surface area contributed by atoms with Gasteiger partial charge < -0.3 is 5.32 Å². The fraction of sp³-hybridized carbons (Fsp3) is 0.235. The third kappa shape index (κ3) is 4.23. The molecule has 0 bridgehead atoms. The van der Waals surface area contributed by atoms with Gasteiger partial charge in [0.05, 0.1) is 22.2 Å². The van der Waals surface area contributed by atoms with E-state index in [1.54, 1.807) is 6.20 Å². The standard InChI is InChI=1S/C17H16ClN3O2S2/c1-10-5-11(2)16(13(18)6-10)20-14(22)9-24-8-12-7-15(23)21-3-4-25-17(21)19-12/h3-7H,8-9H2,1-2H3,(H,20,22). The van der Waals surface area contributed by atoms with Crippen LogP contribution in [0, 0.1) is 13.8 Å². The molecule has 3 rings (SSSR count). The summed E-state index contributed by atoms with van der Waals surface area (Å²) < 4.78 is 1.51. The fourth-order valence-corrected chi connectivity index (χ4v) is 4.28. The number of thioether (sulfide) groups is 1. The lowest BCUT2D eigenvalue weighted by Crippen LogP contribution is -2.16. The molecule has 0 aliphatic carbocycles. The van der Waals surface area contributed by atoms with Crippen LogP contribution in [0.15, 0.2) is 34.6 Å². The first kappa shape index (κ1) is 18.0. The molecule has 2 aromatic heterocycles. The van der Waals surface area contributed by atoms with E-state index in [1.165, 1.54) is 33.6 Å². The second-order valence-corrected chi connectivity index (χ2v) is 7.89. The Labute approximate surface area is 158 Å². The number of nitrogens with zero attached hydrogens (tertiary/aromatic N) is 2. The molecule has 0 aliphatic rings. The Hall–Kier alpha value is -1.83. The largest absolute Gasteiger partial charge is 0.324 e. The van der Waals surface area contributed by atoms with Crippen molar-refractivity contribution < 1.29 is 4.79 Å². The number of rotatable bonds is 5. The minimum atomic E-state index is -0.132. The number of amides is 1. The summed E-state index contributed by atoms with van der Waals surface area (Å²) in [5, 5.41) is 5.21. The van der Waals surface area contributed by atoms with Gasteiger partial charge in [0, 0.05) is 23.4 Å². The predicted molar refractivity (Wildman–Crippen MR) is 105 cm³/mol. The normalized spacial score (nSPS) is 11.0. The van der Waals surface area contributed by atoms with Crippen molar-refractivity contribution in [2.45, 2.75) is 19.6 Å². The second-order valence-electron chi connectivity index (χ2n) is 5.62. The van der Waals surface area contributed by atoms with Crippen LogP contribution in [0.5, 0.6) is 0 Å². The maximum atomic E-state index is 12.2. The zero-order chi connectivity index (χ0) is 18.0. The lowest BCUT2D eigenvalue weighted by molar-refractivity contribution is -0.113. The highest BCUT2D eigenvalue weighted by molar-refractivity contribution is 7.99. The fourth-order valence-electron chi connectivity index (χ4n) is 2.46. The summed E-state index contributed by atoms with van der Waals surface area (Å²) in [6.45, 7) is 3.87. The number of carbonyl (C=O) groups excluding carboxylic acids is 1. The van der Waals surface area contributed by atoms with Crippen LogP contribution in [0.2, 0.25) is 5.02 Å². The van der Waals surface area contributed by atoms with E-state index in [2.05, 4.69) is 10.3 Å². The molecule has 0 aliphatic heterocycles. The molecule has 1 N–H and O–H groups in total. The van der Waals surface area contributed by atoms with Crippen LogP contribution in [-0.4, -0.2) is 21.0 Å². The van der Waals surface area contributed by atoms with Crippen LogP contribution in [-0.2, 0) is 10.5 Å². The van der Waals surface area contributed by atoms with E-state index in [4.69, 9.17) is 11.6 Å². The molecule has 0 atom stereocenters. The molecule has 3 aromatic rings. The first-order chi connectivity index (χ1) is 11.9. The number of aromatic nitrogens is 2. The molecule has 0 saturated heterocycles. The van der Waals surface area contributed by atoms with Crippen LogP contribution in [0.1, 0.15) is 16.8 Å². The number of halogens is 1. The van der Waals surface area contributed by atoms with Gasteiger partial charge in [-0.15, -0.1) is 23.1 Å². The highest BCUT2D eigenvalue weighted by Crippen LogP contribution is 2.27. The Kier molecular flexibility index (Phi) is 5.46. The Morgan fingerprint density at radius 2 is 2.16 bits per heavy atom. The van der Waals surface area contributed by atoms with Crippen molar-refractivity contribution in [2.75, 3.05) is 11.1 Å². The summed E-state index contributed by atoms with van der Waals surface area (Å²) in [5.41, 5.74) is 3.20. The molecular formula is C17H16ClN3O2S2. The van der Waals surface area contributed by atoms with E-state index in [1.807, 2.05) is 31.4 Å². The number of anilines is 1. The third-order valence-corrected chi connectivity index (χ3v) is 5.56. The average molecular weight is 394 g/mol. The minimum absolute atomic E-state index is 0.103. The van der Waals surface area contributed by atoms with Crippen LogP contribution < -0.4 is 10.9 Å². The first-order valence-corrected chi connectivity index (χ1v) is 9.95. The van der Waals surface area contributed by atoms with Gasteiger partial charge >= 0.3 is 0 Å². The van der Waals surface area contributed by atoms with Gasteiger partial charge in [0.2, 0.25) is 5.91 Å². The molecule has 1 aromatic carbocycles. The molecule has 8 heteroatoms. The highest BCUT2D eigenvalue weighted by atomic mass is 35.5. The van der Waals surface area contributed by atoms with Gasteiger partial charge in [-0.1, -0.05) is 17.7 Å². The number of carbonyl (C=O) groups is 1. The Balaban J connectivity index is 1.60. The molecule has 25 heavy (non-hydrogen) atoms. The quantitative estimate of drug-likeness (QED) is 0.714. The van der Waals surface area contributed by atoms with Crippen molar-refractivity contribution >= 4 is 51.3 Å². The lowest BCUT2D eigenvalue weighted by atomic mass is 10.1. The molecule has 1 amide bonds. The van der Waals surface area contributed by atoms with E-state index in [-0.39, 0.29) is 17.2 Å². The Morgan fingerprint density at radius 1 is 1.36 bits per heavy atom. The smallest absolute Gasteiger partial charge is 0.258 e. The number of hydrogen-bond donors (Lipinski definition) is 1. The summed E-state index contributed by atoms with van der Waals surface area (Å²) >= 11 is 9.02. The lowest BCUT2D eigenvalue weighted by Gasteiger charge is -2.11. The molecule has 0 saturated carbocycles. The molecule has 0 fully saturated rings. The summed E-state index contributed by atoms with van der Waals surface area (Å²) in [6.07, 6.45) is 1.70. The van der Waals surface area contributed by atoms with E-state index in [9.17, 15) is 9.59 Å². The van der Waals surface area contributed by atoms with E-state index >= 15 is 0 Å². The molecule has 5 nitrogen and oxygen atoms in total. The van der Waals surface area contributed by atoms with E-state index in [0.29, 0.717) is 27.1 Å². The number of hydrogen-bond acceptors (Lipinski definition) is 5. The SMILES string of the molecule is Cc1cc(C)c(NC(=O)CSCc2cc(=O)n3ccsc3n2)c(Cl)c1. The summed E-state index contributed by atoms with van der Waals surface area (Å²) in [6, 6.07) is 5.30. The minimum Gasteiger partial charge on any atom is -0.324 e. The predicted octanol–water partition coefficient (Wildman–Crippen LogP) is 3.90. The molecule has 0 spiro atoms. The van der Waals surface area contributed by atoms with Gasteiger partial charge in [-0.3, -0.25) is 14.0 Å². The van der Waals surface area contributed by atoms with Gasteiger partial charge in [0.25, 0.3) is 5.56 Å². The first-order valence-electron chi connectivity index (χ1n) is 7.54. The maximum absolute atomic E-state index is 12.2. The third-order valence-electron chi connectivity index (χ3n) is 3.54. The molecule has 2 heterocycles. The van der Waals surface area contributed by atoms with Crippen LogP contribution in [0.4, 0.5) is 5.69 Å². The van der Waals surface area contributed by atoms with Crippen LogP contribution >= 0.6 is 34.7 Å². The highest BCUT2D eigenvalue weighted by Gasteiger charge is 2.10. The maximum Gasteiger partial charge on any atom is 0.258 e. The van der Waals surface area contributed by atoms with Gasteiger partial charge in [-0.25, -0.2) is 4.98 Å². The number of thiazole rings is 1. The van der Waals surface area contributed by atoms with Crippen molar-refractivity contribution in [2.24, 2.45) is 0 Å². The topological polar surface area (TPSA) is 63.5 Å². The van der Waals surface area contributed by atoms with E-state index < -0.39 is 0 Å². The Bertz CT molecular complexity index is 974. The van der Waals surface area contributed by atoms with Crippen molar-refractivity contribution in [1.29, 1.82) is 0 Å². The molecular weight excluding hydrogens is 378 g/mol. The number of benzene rings is 1. The van der Waals surface area contributed by atoms with Crippen LogP contribution in [0.3, 0.4) is 0 Å². The summed E-state index contributed by atoms with van der Waals surface area (Å²) in [5.74, 6) is 0.625. The second kappa shape index (κ2) is 7.59. The summed E-state index contributed by atoms with van der Waals surface area (Å²) in [4.78, 5) is 29.2. The van der Waals surface area contributed by atoms with Crippen molar-refractivity contribution in [1.82, 2.24) is 9.38 Å². The zero-order valence-corrected chi connectivity index (χ0v) is 16.1. The van der Waals surface area contributed by atoms with Crippen molar-refractivity contribution in [3.05, 3.63) is 62.0 Å². The summed E-state index contributed by atoms with van der Waals surface area (Å²) in [7, 11) is 0. The van der Waals surface area contributed by atoms with Gasteiger partial charge in [0.1, 0.15) is 0 Å². The van der Waals surface area contributed by atoms with Crippen molar-refractivity contribution in [3.63, 3.8) is 0 Å². The van der Waals surface area contributed by atoms with Gasteiger partial charge in [0.15, 0.2) is 4.96 Å². The van der Waals surface area contributed by atoms with Crippen molar-refractivity contribution in [3.8, 4) is 0 Å². The average Bonchev–Trinajstić information content (AvgIpc) is 3.00. The molecule has 130 valence electrons. The van der Waals surface area contributed by atoms with Gasteiger partial charge in [-0.05, 0) is 31.0 Å². The van der Waals surface area contributed by atoms with Gasteiger partial charge in [-0.2, -0.15) is 0 Å². The van der Waals surface area contributed by atoms with E-state index in [0.717, 1.165) is 11.1 Å². The monoisotopic (exact) mass is 393 g/mol. The number of nitrogens with one attached hydrogen (secondary N) is 1. The molecule has 0 unspecified atom stereocenters. The number of fused-ring (bicyclic) bond motifs is 1.